The molecule has 0 aliphatic carbocycles. The molecule has 1 aromatic carbocycles. The molecule has 0 spiro atoms. The van der Waals surface area contributed by atoms with E-state index in [1.807, 2.05) is 24.3 Å². The van der Waals surface area contributed by atoms with Gasteiger partial charge in [0.05, 0.1) is 0 Å². The van der Waals surface area contributed by atoms with E-state index in [9.17, 15) is 5.11 Å². The van der Waals surface area contributed by atoms with Crippen LogP contribution in [0.5, 0.6) is 5.75 Å². The number of ether oxygens (including phenoxy) is 1. The molecule has 0 aromatic heterocycles. The summed E-state index contributed by atoms with van der Waals surface area (Å²) in [6, 6.07) is 8.00. The molecular formula is C19H31N3O2. The van der Waals surface area contributed by atoms with E-state index in [4.69, 9.17) is 4.74 Å². The molecule has 1 saturated heterocycles. The summed E-state index contributed by atoms with van der Waals surface area (Å²) in [6.45, 7) is 13.8. The van der Waals surface area contributed by atoms with Crippen molar-refractivity contribution >= 4 is 0 Å². The van der Waals surface area contributed by atoms with Crippen LogP contribution in [0.25, 0.3) is 0 Å². The summed E-state index contributed by atoms with van der Waals surface area (Å²) >= 11 is 0. The van der Waals surface area contributed by atoms with E-state index in [1.54, 1.807) is 0 Å². The first-order chi connectivity index (χ1) is 11.7. The van der Waals surface area contributed by atoms with Crippen LogP contribution < -0.4 is 10.1 Å². The lowest BCUT2D eigenvalue weighted by Gasteiger charge is -2.34. The Morgan fingerprint density at radius 1 is 1.29 bits per heavy atom. The van der Waals surface area contributed by atoms with Gasteiger partial charge in [0, 0.05) is 45.8 Å². The molecule has 0 radical (unpaired) electrons. The van der Waals surface area contributed by atoms with Crippen molar-refractivity contribution in [2.75, 3.05) is 52.4 Å². The average molecular weight is 333 g/mol. The monoisotopic (exact) mass is 333 g/mol. The van der Waals surface area contributed by atoms with Crippen molar-refractivity contribution < 1.29 is 9.84 Å². The molecule has 1 aromatic rings. The van der Waals surface area contributed by atoms with Gasteiger partial charge in [-0.15, -0.1) is 6.58 Å². The standard InChI is InChI=1S/C19H31N3O2/c1-3-8-20-14-17-6-5-7-19(13-17)24-16-18(23)15-22-11-9-21(4-2)10-12-22/h3,5-7,13,18,20,23H,1,4,8-12,14-16H2,2H3. The van der Waals surface area contributed by atoms with Crippen LogP contribution in [0.15, 0.2) is 36.9 Å². The molecule has 0 bridgehead atoms. The second-order valence-electron chi connectivity index (χ2n) is 6.27. The molecule has 1 unspecified atom stereocenters. The van der Waals surface area contributed by atoms with Crippen LogP contribution in [0.4, 0.5) is 0 Å². The number of benzene rings is 1. The van der Waals surface area contributed by atoms with Gasteiger partial charge >= 0.3 is 0 Å². The van der Waals surface area contributed by atoms with Gasteiger partial charge in [-0.3, -0.25) is 4.90 Å². The molecule has 5 heteroatoms. The summed E-state index contributed by atoms with van der Waals surface area (Å²) in [5.41, 5.74) is 1.17. The maximum Gasteiger partial charge on any atom is 0.119 e. The SMILES string of the molecule is C=CCNCc1cccc(OCC(O)CN2CCN(CC)CC2)c1. The maximum absolute atomic E-state index is 10.2. The molecule has 1 aliphatic rings. The number of piperazine rings is 1. The molecule has 2 rings (SSSR count). The molecule has 134 valence electrons. The van der Waals surface area contributed by atoms with Gasteiger partial charge in [-0.05, 0) is 24.2 Å². The molecule has 1 fully saturated rings. The fourth-order valence-corrected chi connectivity index (χ4v) is 2.90. The predicted molar refractivity (Wildman–Crippen MR) is 98.4 cm³/mol. The second-order valence-corrected chi connectivity index (χ2v) is 6.27. The molecule has 0 saturated carbocycles. The van der Waals surface area contributed by atoms with Crippen molar-refractivity contribution in [1.82, 2.24) is 15.1 Å². The third-order valence-corrected chi connectivity index (χ3v) is 4.34. The quantitative estimate of drug-likeness (QED) is 0.500. The largest absolute Gasteiger partial charge is 0.491 e. The summed E-state index contributed by atoms with van der Waals surface area (Å²) in [5, 5.41) is 13.5. The van der Waals surface area contributed by atoms with Gasteiger partial charge < -0.3 is 20.1 Å². The van der Waals surface area contributed by atoms with E-state index in [0.29, 0.717) is 13.2 Å². The summed E-state index contributed by atoms with van der Waals surface area (Å²) in [7, 11) is 0. The van der Waals surface area contributed by atoms with Crippen LogP contribution in [0, 0.1) is 0 Å². The zero-order valence-corrected chi connectivity index (χ0v) is 14.8. The maximum atomic E-state index is 10.2. The highest BCUT2D eigenvalue weighted by molar-refractivity contribution is 5.28. The summed E-state index contributed by atoms with van der Waals surface area (Å²) in [6.07, 6.45) is 1.39. The second kappa shape index (κ2) is 10.5. The fraction of sp³-hybridized carbons (Fsp3) is 0.579. The molecule has 24 heavy (non-hydrogen) atoms. The van der Waals surface area contributed by atoms with Crippen LogP contribution in [-0.2, 0) is 6.54 Å². The average Bonchev–Trinajstić information content (AvgIpc) is 2.61. The predicted octanol–water partition coefficient (Wildman–Crippen LogP) is 1.34. The van der Waals surface area contributed by atoms with E-state index in [-0.39, 0.29) is 0 Å². The van der Waals surface area contributed by atoms with Crippen LogP contribution in [0.3, 0.4) is 0 Å². The minimum Gasteiger partial charge on any atom is -0.491 e. The van der Waals surface area contributed by atoms with Gasteiger partial charge in [0.2, 0.25) is 0 Å². The number of β-amino-alcohol motifs (C(OH)–C–C–N with tert-alkyl or cyclic N) is 1. The highest BCUT2D eigenvalue weighted by atomic mass is 16.5. The fourth-order valence-electron chi connectivity index (χ4n) is 2.90. The van der Waals surface area contributed by atoms with Crippen LogP contribution >= 0.6 is 0 Å². The van der Waals surface area contributed by atoms with Gasteiger partial charge in [-0.1, -0.05) is 25.1 Å². The summed E-state index contributed by atoms with van der Waals surface area (Å²) < 4.78 is 5.76. The molecule has 1 atom stereocenters. The van der Waals surface area contributed by atoms with Gasteiger partial charge in [0.1, 0.15) is 18.5 Å². The number of hydrogen-bond acceptors (Lipinski definition) is 5. The number of likely N-dealkylation sites (N-methyl/N-ethyl adjacent to an activating group) is 1. The Morgan fingerprint density at radius 2 is 2.04 bits per heavy atom. The zero-order chi connectivity index (χ0) is 17.2. The van der Waals surface area contributed by atoms with E-state index >= 15 is 0 Å². The Kier molecular flexibility index (Phi) is 8.25. The Morgan fingerprint density at radius 3 is 2.75 bits per heavy atom. The van der Waals surface area contributed by atoms with Crippen molar-refractivity contribution in [2.45, 2.75) is 19.6 Å². The lowest BCUT2D eigenvalue weighted by molar-refractivity contribution is 0.0471. The van der Waals surface area contributed by atoms with Gasteiger partial charge in [-0.2, -0.15) is 0 Å². The topological polar surface area (TPSA) is 48.0 Å². The Hall–Kier alpha value is -1.40. The normalized spacial score (nSPS) is 17.6. The lowest BCUT2D eigenvalue weighted by Crippen LogP contribution is -2.49. The van der Waals surface area contributed by atoms with E-state index in [2.05, 4.69) is 34.7 Å². The number of aliphatic hydroxyl groups excluding tert-OH is 1. The minimum absolute atomic E-state index is 0.331. The van der Waals surface area contributed by atoms with E-state index in [1.165, 1.54) is 5.56 Å². The van der Waals surface area contributed by atoms with Crippen molar-refractivity contribution in [2.24, 2.45) is 0 Å². The van der Waals surface area contributed by atoms with Crippen molar-refractivity contribution in [3.63, 3.8) is 0 Å². The highest BCUT2D eigenvalue weighted by Crippen LogP contribution is 2.14. The van der Waals surface area contributed by atoms with Gasteiger partial charge in [0.15, 0.2) is 0 Å². The lowest BCUT2D eigenvalue weighted by atomic mass is 10.2. The van der Waals surface area contributed by atoms with E-state index < -0.39 is 6.10 Å². The first kappa shape index (κ1) is 18.9. The number of rotatable bonds is 10. The Bertz CT molecular complexity index is 487. The smallest absolute Gasteiger partial charge is 0.119 e. The molecule has 0 amide bonds. The number of nitrogens with zero attached hydrogens (tertiary/aromatic N) is 2. The first-order valence-corrected chi connectivity index (χ1v) is 8.87. The highest BCUT2D eigenvalue weighted by Gasteiger charge is 2.18. The third-order valence-electron chi connectivity index (χ3n) is 4.34. The van der Waals surface area contributed by atoms with Gasteiger partial charge in [-0.25, -0.2) is 0 Å². The van der Waals surface area contributed by atoms with Crippen molar-refractivity contribution in [1.29, 1.82) is 0 Å². The van der Waals surface area contributed by atoms with Crippen molar-refractivity contribution in [3.05, 3.63) is 42.5 Å². The molecule has 1 heterocycles. The summed E-state index contributed by atoms with van der Waals surface area (Å²) in [5.74, 6) is 0.808. The number of aliphatic hydroxyl groups is 1. The van der Waals surface area contributed by atoms with Crippen molar-refractivity contribution in [3.8, 4) is 5.75 Å². The zero-order valence-electron chi connectivity index (χ0n) is 14.8. The third kappa shape index (κ3) is 6.61. The molecular weight excluding hydrogens is 302 g/mol. The summed E-state index contributed by atoms with van der Waals surface area (Å²) in [4.78, 5) is 4.75. The minimum atomic E-state index is -0.458. The molecule has 1 aliphatic heterocycles. The van der Waals surface area contributed by atoms with E-state index in [0.717, 1.165) is 51.6 Å². The number of nitrogens with one attached hydrogen (secondary N) is 1. The first-order valence-electron chi connectivity index (χ1n) is 8.87. The number of hydrogen-bond donors (Lipinski definition) is 2. The Labute approximate surface area is 145 Å². The van der Waals surface area contributed by atoms with Crippen LogP contribution in [-0.4, -0.2) is 73.4 Å². The van der Waals surface area contributed by atoms with Gasteiger partial charge in [0.25, 0.3) is 0 Å². The molecule has 2 N–H and O–H groups in total. The molecule has 5 nitrogen and oxygen atoms in total. The van der Waals surface area contributed by atoms with Crippen LogP contribution in [0.2, 0.25) is 0 Å². The van der Waals surface area contributed by atoms with Crippen LogP contribution in [0.1, 0.15) is 12.5 Å². The Balaban J connectivity index is 1.70.